The molecule has 1 aromatic rings. The van der Waals surface area contributed by atoms with E-state index in [1.807, 2.05) is 13.0 Å². The third kappa shape index (κ3) is 2.33. The van der Waals surface area contributed by atoms with Crippen molar-refractivity contribution in [3.63, 3.8) is 0 Å². The van der Waals surface area contributed by atoms with Gasteiger partial charge in [-0.3, -0.25) is 0 Å². The Morgan fingerprint density at radius 2 is 2.15 bits per heavy atom. The normalized spacial score (nSPS) is 10.8. The van der Waals surface area contributed by atoms with E-state index in [1.165, 1.54) is 0 Å². The zero-order chi connectivity index (χ0) is 9.90. The van der Waals surface area contributed by atoms with Gasteiger partial charge in [0.2, 0.25) is 0 Å². The van der Waals surface area contributed by atoms with E-state index in [0.29, 0.717) is 4.90 Å². The van der Waals surface area contributed by atoms with Crippen LogP contribution in [-0.4, -0.2) is 14.2 Å². The first kappa shape index (κ1) is 9.82. The fourth-order valence-electron chi connectivity index (χ4n) is 1.00. The fourth-order valence-corrected chi connectivity index (χ4v) is 2.04. The molecule has 0 saturated heterocycles. The van der Waals surface area contributed by atoms with Crippen LogP contribution in [0.15, 0.2) is 29.2 Å². The van der Waals surface area contributed by atoms with Crippen molar-refractivity contribution in [1.29, 1.82) is 0 Å². The van der Waals surface area contributed by atoms with Crippen molar-refractivity contribution >= 4 is 9.84 Å². The van der Waals surface area contributed by atoms with E-state index in [-0.39, 0.29) is 5.75 Å². The van der Waals surface area contributed by atoms with Crippen LogP contribution < -0.4 is 0 Å². The van der Waals surface area contributed by atoms with Gasteiger partial charge >= 0.3 is 0 Å². The average Bonchev–Trinajstić information content (AvgIpc) is 2.04. The summed E-state index contributed by atoms with van der Waals surface area (Å²) in [5, 5.41) is 0. The molecular formula is C10H10O2S. The van der Waals surface area contributed by atoms with Crippen LogP contribution in [0.1, 0.15) is 5.56 Å². The number of hydrogen-bond acceptors (Lipinski definition) is 2. The van der Waals surface area contributed by atoms with Crippen LogP contribution >= 0.6 is 0 Å². The van der Waals surface area contributed by atoms with Crippen molar-refractivity contribution in [3.05, 3.63) is 29.8 Å². The number of terminal acetylenes is 1. The highest BCUT2D eigenvalue weighted by Crippen LogP contribution is 2.11. The molecule has 0 heterocycles. The minimum atomic E-state index is -3.27. The number of hydrogen-bond donors (Lipinski definition) is 0. The van der Waals surface area contributed by atoms with Gasteiger partial charge in [-0.1, -0.05) is 18.1 Å². The van der Waals surface area contributed by atoms with E-state index in [2.05, 4.69) is 5.92 Å². The van der Waals surface area contributed by atoms with Gasteiger partial charge in [0, 0.05) is 0 Å². The Labute approximate surface area is 78.5 Å². The molecule has 0 aromatic heterocycles. The Morgan fingerprint density at radius 1 is 1.46 bits per heavy atom. The van der Waals surface area contributed by atoms with Gasteiger partial charge in [-0.15, -0.1) is 6.42 Å². The van der Waals surface area contributed by atoms with E-state index < -0.39 is 9.84 Å². The predicted molar refractivity (Wildman–Crippen MR) is 52.1 cm³/mol. The summed E-state index contributed by atoms with van der Waals surface area (Å²) in [5.41, 5.74) is 0.915. The van der Waals surface area contributed by atoms with Gasteiger partial charge in [-0.05, 0) is 24.6 Å². The van der Waals surface area contributed by atoms with Gasteiger partial charge in [0.05, 0.1) is 4.90 Å². The molecule has 13 heavy (non-hydrogen) atoms. The van der Waals surface area contributed by atoms with E-state index in [1.54, 1.807) is 18.2 Å². The first-order valence-electron chi connectivity index (χ1n) is 3.79. The molecule has 0 spiro atoms. The van der Waals surface area contributed by atoms with E-state index in [0.717, 1.165) is 5.56 Å². The summed E-state index contributed by atoms with van der Waals surface area (Å²) in [4.78, 5) is 0.297. The molecule has 0 saturated carbocycles. The highest BCUT2D eigenvalue weighted by Gasteiger charge is 2.11. The molecule has 1 aromatic carbocycles. The average molecular weight is 194 g/mol. The molecule has 0 amide bonds. The number of sulfone groups is 1. The second-order valence-electron chi connectivity index (χ2n) is 2.78. The quantitative estimate of drug-likeness (QED) is 0.667. The lowest BCUT2D eigenvalue weighted by Gasteiger charge is -2.00. The molecule has 0 unspecified atom stereocenters. The molecule has 0 atom stereocenters. The van der Waals surface area contributed by atoms with Crippen molar-refractivity contribution in [2.45, 2.75) is 11.8 Å². The zero-order valence-corrected chi connectivity index (χ0v) is 8.14. The third-order valence-electron chi connectivity index (χ3n) is 1.62. The first-order valence-corrected chi connectivity index (χ1v) is 5.44. The van der Waals surface area contributed by atoms with Gasteiger partial charge in [-0.2, -0.15) is 0 Å². The second-order valence-corrected chi connectivity index (χ2v) is 4.77. The van der Waals surface area contributed by atoms with Crippen molar-refractivity contribution in [2.75, 3.05) is 5.75 Å². The Hall–Kier alpha value is -1.27. The maximum atomic E-state index is 11.4. The molecule has 0 bridgehead atoms. The summed E-state index contributed by atoms with van der Waals surface area (Å²) < 4.78 is 22.9. The van der Waals surface area contributed by atoms with E-state index >= 15 is 0 Å². The smallest absolute Gasteiger partial charge is 0.189 e. The Morgan fingerprint density at radius 3 is 2.69 bits per heavy atom. The van der Waals surface area contributed by atoms with Gasteiger partial charge in [-0.25, -0.2) is 8.42 Å². The van der Waals surface area contributed by atoms with Crippen LogP contribution in [0.4, 0.5) is 0 Å². The number of benzene rings is 1. The first-order chi connectivity index (χ1) is 6.06. The summed E-state index contributed by atoms with van der Waals surface area (Å²) in [5.74, 6) is 1.90. The zero-order valence-electron chi connectivity index (χ0n) is 7.32. The molecule has 3 heteroatoms. The summed E-state index contributed by atoms with van der Waals surface area (Å²) in [7, 11) is -3.27. The molecular weight excluding hydrogens is 184 g/mol. The maximum absolute atomic E-state index is 11.4. The van der Waals surface area contributed by atoms with Crippen molar-refractivity contribution in [3.8, 4) is 12.3 Å². The topological polar surface area (TPSA) is 34.1 Å². The van der Waals surface area contributed by atoms with Gasteiger partial charge in [0.25, 0.3) is 0 Å². The molecule has 0 aliphatic heterocycles. The number of aryl methyl sites for hydroxylation is 1. The van der Waals surface area contributed by atoms with Gasteiger partial charge < -0.3 is 0 Å². The van der Waals surface area contributed by atoms with Crippen molar-refractivity contribution < 1.29 is 8.42 Å². The lowest BCUT2D eigenvalue weighted by Crippen LogP contribution is -2.04. The molecule has 0 aliphatic rings. The highest BCUT2D eigenvalue weighted by molar-refractivity contribution is 7.91. The van der Waals surface area contributed by atoms with E-state index in [9.17, 15) is 8.42 Å². The minimum Gasteiger partial charge on any atom is -0.223 e. The Balaban J connectivity index is 3.17. The van der Waals surface area contributed by atoms with Crippen LogP contribution in [0.25, 0.3) is 0 Å². The van der Waals surface area contributed by atoms with Crippen molar-refractivity contribution in [1.82, 2.24) is 0 Å². The highest BCUT2D eigenvalue weighted by atomic mass is 32.2. The summed E-state index contributed by atoms with van der Waals surface area (Å²) in [6, 6.07) is 6.72. The second kappa shape index (κ2) is 3.63. The summed E-state index contributed by atoms with van der Waals surface area (Å²) >= 11 is 0. The largest absolute Gasteiger partial charge is 0.223 e. The molecule has 0 aliphatic carbocycles. The Bertz CT molecular complexity index is 438. The van der Waals surface area contributed by atoms with Crippen molar-refractivity contribution in [2.24, 2.45) is 0 Å². The lowest BCUT2D eigenvalue weighted by molar-refractivity contribution is 0.599. The lowest BCUT2D eigenvalue weighted by atomic mass is 10.2. The molecule has 0 N–H and O–H groups in total. The maximum Gasteiger partial charge on any atom is 0.189 e. The number of rotatable bonds is 2. The molecule has 2 nitrogen and oxygen atoms in total. The monoisotopic (exact) mass is 194 g/mol. The molecule has 1 rings (SSSR count). The van der Waals surface area contributed by atoms with Crippen LogP contribution in [0.5, 0.6) is 0 Å². The van der Waals surface area contributed by atoms with Gasteiger partial charge in [0.15, 0.2) is 9.84 Å². The summed E-state index contributed by atoms with van der Waals surface area (Å²) in [6.07, 6.45) is 4.96. The van der Waals surface area contributed by atoms with Crippen LogP contribution in [0.3, 0.4) is 0 Å². The Kier molecular flexibility index (Phi) is 2.74. The molecule has 68 valence electrons. The van der Waals surface area contributed by atoms with Crippen LogP contribution in [0.2, 0.25) is 0 Å². The van der Waals surface area contributed by atoms with Crippen LogP contribution in [0, 0.1) is 19.3 Å². The van der Waals surface area contributed by atoms with Gasteiger partial charge in [0.1, 0.15) is 5.75 Å². The minimum absolute atomic E-state index is 0.240. The molecule has 0 fully saturated rings. The standard InChI is InChI=1S/C10H10O2S/c1-3-7-13(11,12)10-6-4-5-9(2)8-10/h1,4-6,8H,7H2,2H3. The summed E-state index contributed by atoms with van der Waals surface area (Å²) in [6.45, 7) is 1.84. The predicted octanol–water partition coefficient (Wildman–Crippen LogP) is 1.40. The van der Waals surface area contributed by atoms with Crippen LogP contribution in [-0.2, 0) is 9.84 Å². The third-order valence-corrected chi connectivity index (χ3v) is 3.14. The molecule has 0 radical (unpaired) electrons. The SMILES string of the molecule is C#CCS(=O)(=O)c1cccc(C)c1. The van der Waals surface area contributed by atoms with E-state index in [4.69, 9.17) is 6.42 Å². The fraction of sp³-hybridized carbons (Fsp3) is 0.200.